The van der Waals surface area contributed by atoms with Gasteiger partial charge in [-0.05, 0) is 94.2 Å². The van der Waals surface area contributed by atoms with E-state index in [1.54, 1.807) is 30.2 Å². The van der Waals surface area contributed by atoms with E-state index >= 15 is 0 Å². The van der Waals surface area contributed by atoms with Crippen molar-refractivity contribution >= 4 is 23.6 Å². The Kier molecular flexibility index (Phi) is 20.6. The summed E-state index contributed by atoms with van der Waals surface area (Å²) in [5.74, 6) is 0.730. The van der Waals surface area contributed by atoms with Gasteiger partial charge in [-0.2, -0.15) is 11.8 Å². The number of nitrogens with zero attached hydrogens (tertiary/aromatic N) is 3. The minimum Gasteiger partial charge on any atom is -0.460 e. The van der Waals surface area contributed by atoms with E-state index in [-0.39, 0.29) is 48.7 Å². The van der Waals surface area contributed by atoms with Crippen molar-refractivity contribution < 1.29 is 34.1 Å². The molecule has 6 atom stereocenters. The zero-order valence-corrected chi connectivity index (χ0v) is 39.0. The van der Waals surface area contributed by atoms with Crippen molar-refractivity contribution in [3.63, 3.8) is 0 Å². The van der Waals surface area contributed by atoms with Crippen LogP contribution >= 0.6 is 11.8 Å². The first-order valence-corrected chi connectivity index (χ1v) is 24.8. The van der Waals surface area contributed by atoms with Crippen LogP contribution in [0.4, 0.5) is 4.79 Å². The maximum Gasteiger partial charge on any atom is 0.412 e. The minimum absolute atomic E-state index is 0.108. The second-order valence-corrected chi connectivity index (χ2v) is 19.6. The van der Waals surface area contributed by atoms with Crippen LogP contribution in [-0.4, -0.2) is 80.7 Å². The van der Waals surface area contributed by atoms with Crippen LogP contribution in [-0.2, 0) is 16.0 Å². The van der Waals surface area contributed by atoms with Gasteiger partial charge in [0.05, 0.1) is 29.2 Å². The summed E-state index contributed by atoms with van der Waals surface area (Å²) in [7, 11) is 0. The summed E-state index contributed by atoms with van der Waals surface area (Å²) >= 11 is 1.79. The van der Waals surface area contributed by atoms with Crippen LogP contribution in [0, 0.1) is 17.8 Å². The lowest BCUT2D eigenvalue weighted by molar-refractivity contribution is -0.223. The number of aliphatic hydroxyl groups is 2. The smallest absolute Gasteiger partial charge is 0.412 e. The number of allylic oxidation sites excluding steroid dienone is 1. The molecule has 344 valence electrons. The van der Waals surface area contributed by atoms with Gasteiger partial charge in [0.1, 0.15) is 17.1 Å². The van der Waals surface area contributed by atoms with Crippen molar-refractivity contribution in [1.29, 1.82) is 0 Å². The van der Waals surface area contributed by atoms with E-state index < -0.39 is 17.5 Å². The average molecular weight is 877 g/mol. The number of carbonyl (C=O) groups excluding carboxylic acids is 1. The number of hydrogen-bond acceptors (Lipinski definition) is 11. The number of unbranched alkanes of at least 4 members (excludes halogenated alkanes) is 11. The monoisotopic (exact) mass is 877 g/mol. The molecular formula is C50H76N4O7S. The highest BCUT2D eigenvalue weighted by Crippen LogP contribution is 2.62. The van der Waals surface area contributed by atoms with Gasteiger partial charge in [-0.25, -0.2) is 4.79 Å². The zero-order chi connectivity index (χ0) is 44.2. The maximum atomic E-state index is 13.2. The molecule has 2 aromatic rings. The third kappa shape index (κ3) is 14.3. The molecule has 12 heteroatoms. The molecule has 62 heavy (non-hydrogen) atoms. The number of hydrogen-bond donors (Lipinski definition) is 3. The highest BCUT2D eigenvalue weighted by Gasteiger charge is 2.64. The van der Waals surface area contributed by atoms with Gasteiger partial charge in [0, 0.05) is 62.7 Å². The van der Waals surface area contributed by atoms with Gasteiger partial charge in [-0.1, -0.05) is 94.9 Å². The predicted octanol–water partition coefficient (Wildman–Crippen LogP) is 10.9. The summed E-state index contributed by atoms with van der Waals surface area (Å²) in [6.07, 6.45) is 27.4. The first-order chi connectivity index (χ1) is 30.1. The largest absolute Gasteiger partial charge is 0.460 e. The topological polar surface area (TPSA) is 145 Å². The first-order valence-electron chi connectivity index (χ1n) is 23.7. The molecule has 0 bridgehead atoms. The molecule has 2 aliphatic carbocycles. The van der Waals surface area contributed by atoms with Crippen molar-refractivity contribution in [2.75, 3.05) is 32.1 Å². The normalized spacial score (nSPS) is 23.5. The van der Waals surface area contributed by atoms with E-state index in [0.29, 0.717) is 37.3 Å². The van der Waals surface area contributed by atoms with Gasteiger partial charge in [0.25, 0.3) is 0 Å². The molecule has 0 radical (unpaired) electrons. The van der Waals surface area contributed by atoms with Crippen molar-refractivity contribution in [2.24, 2.45) is 22.9 Å². The van der Waals surface area contributed by atoms with Crippen molar-refractivity contribution in [3.8, 4) is 11.5 Å². The number of aryl methyl sites for hydroxylation is 1. The molecule has 3 aliphatic rings. The van der Waals surface area contributed by atoms with Crippen molar-refractivity contribution in [2.45, 2.75) is 166 Å². The molecule has 1 amide bonds. The van der Waals surface area contributed by atoms with Crippen LogP contribution < -0.4 is 14.8 Å². The first kappa shape index (κ1) is 49.6. The molecule has 0 saturated heterocycles. The highest BCUT2D eigenvalue weighted by atomic mass is 32.2. The summed E-state index contributed by atoms with van der Waals surface area (Å²) < 4.78 is 20.3. The lowest BCUT2D eigenvalue weighted by atomic mass is 9.56. The third-order valence-corrected chi connectivity index (χ3v) is 13.7. The van der Waals surface area contributed by atoms with Crippen LogP contribution in [0.2, 0.25) is 0 Å². The van der Waals surface area contributed by atoms with Crippen LogP contribution in [0.3, 0.4) is 0 Å². The number of benzene rings is 1. The van der Waals surface area contributed by atoms with E-state index in [1.807, 2.05) is 45.2 Å². The Labute approximate surface area is 376 Å². The quantitative estimate of drug-likeness (QED) is 0.0429. The lowest BCUT2D eigenvalue weighted by Crippen LogP contribution is -2.64. The van der Waals surface area contributed by atoms with E-state index in [9.17, 15) is 15.0 Å². The number of oxime groups is 1. The third-order valence-electron chi connectivity index (χ3n) is 12.4. The van der Waals surface area contributed by atoms with Crippen molar-refractivity contribution in [1.82, 2.24) is 15.3 Å². The van der Waals surface area contributed by atoms with Gasteiger partial charge in [-0.3, -0.25) is 9.97 Å². The van der Waals surface area contributed by atoms with Crippen LogP contribution in [0.25, 0.3) is 0 Å². The van der Waals surface area contributed by atoms with E-state index in [4.69, 9.17) is 24.2 Å². The summed E-state index contributed by atoms with van der Waals surface area (Å²) in [5, 5.41) is 27.5. The van der Waals surface area contributed by atoms with E-state index in [1.165, 1.54) is 51.4 Å². The van der Waals surface area contributed by atoms with Crippen LogP contribution in [0.15, 0.2) is 66.2 Å². The Morgan fingerprint density at radius 1 is 1.00 bits per heavy atom. The molecule has 1 fully saturated rings. The molecule has 1 aromatic heterocycles. The van der Waals surface area contributed by atoms with Gasteiger partial charge in [0.15, 0.2) is 0 Å². The molecule has 1 aliphatic heterocycles. The SMILES string of the molecule is C=CCO[C@@]12Oc3ccc(OC(=O)NCCCCCCCCCCCC)cc3[C@H]3[C@H](CCCCO)[C@@H](CCCCO)C=C(C(=NOC(C)(C)C)C[C@@H]1SCCc1cnccn1)[C@H]32. The second-order valence-electron chi connectivity index (χ2n) is 18.3. The van der Waals surface area contributed by atoms with Gasteiger partial charge < -0.3 is 34.6 Å². The Morgan fingerprint density at radius 3 is 2.40 bits per heavy atom. The number of amides is 1. The maximum absolute atomic E-state index is 13.2. The molecule has 2 heterocycles. The van der Waals surface area contributed by atoms with Crippen molar-refractivity contribution in [3.05, 3.63) is 72.4 Å². The molecule has 11 nitrogen and oxygen atoms in total. The fourth-order valence-corrected chi connectivity index (χ4v) is 10.8. The number of nitrogens with one attached hydrogen (secondary N) is 1. The summed E-state index contributed by atoms with van der Waals surface area (Å²) in [4.78, 5) is 28.3. The van der Waals surface area contributed by atoms with Gasteiger partial charge in [-0.15, -0.1) is 6.58 Å². The van der Waals surface area contributed by atoms with Gasteiger partial charge >= 0.3 is 6.09 Å². The number of rotatable bonds is 28. The van der Waals surface area contributed by atoms with Crippen LogP contribution in [0.5, 0.6) is 11.5 Å². The van der Waals surface area contributed by atoms with Crippen LogP contribution in [0.1, 0.15) is 154 Å². The zero-order valence-electron chi connectivity index (χ0n) is 38.2. The number of aliphatic hydroxyl groups excluding tert-OH is 2. The second kappa shape index (κ2) is 25.7. The standard InChI is InChI=1S/C50H76N4O7S/c1-6-8-9-10-11-12-13-14-15-18-26-53-48(57)59-39-23-24-44-42(34-39)46-40(22-17-20-30-56)37(21-16-19-29-55)33-41-43(54-61-49(3,4)5)35-45(50(60-44,47(41)46)58-31-7-2)62-32-25-38-36-51-27-28-52-38/h7,23-24,27-28,33-34,36-37,40,45-47,55-56H,2,6,8-22,25-26,29-32,35H2,1,3-5H3,(H,53,57)/t37-,40+,45-,46+,47+,50+/m0/s1. The molecule has 1 aromatic carbocycles. The molecule has 0 unspecified atom stereocenters. The fraction of sp³-hybridized carbons (Fsp3) is 0.680. The molecule has 0 spiro atoms. The Hall–Kier alpha value is -3.45. The Bertz CT molecular complexity index is 1720. The summed E-state index contributed by atoms with van der Waals surface area (Å²) in [6.45, 7) is 13.4. The van der Waals surface area contributed by atoms with E-state index in [2.05, 4.69) is 34.9 Å². The number of aromatic nitrogens is 2. The number of ether oxygens (including phenoxy) is 3. The number of carbonyl (C=O) groups is 1. The molecule has 5 rings (SSSR count). The average Bonchev–Trinajstić information content (AvgIpc) is 3.26. The highest BCUT2D eigenvalue weighted by molar-refractivity contribution is 8.00. The molecular weight excluding hydrogens is 801 g/mol. The lowest BCUT2D eigenvalue weighted by Gasteiger charge is -2.58. The molecule has 1 saturated carbocycles. The minimum atomic E-state index is -1.09. The molecule has 3 N–H and O–H groups in total. The summed E-state index contributed by atoms with van der Waals surface area (Å²) in [6, 6.07) is 5.76. The fourth-order valence-electron chi connectivity index (χ4n) is 9.44. The van der Waals surface area contributed by atoms with E-state index in [0.717, 1.165) is 73.2 Å². The number of thioether (sulfide) groups is 1. The number of fused-ring (bicyclic) bond motifs is 2. The Morgan fingerprint density at radius 2 is 1.73 bits per heavy atom. The predicted molar refractivity (Wildman–Crippen MR) is 250 cm³/mol. The Balaban J connectivity index is 1.48. The summed E-state index contributed by atoms with van der Waals surface area (Å²) in [5.41, 5.74) is 3.33. The van der Waals surface area contributed by atoms with Gasteiger partial charge in [0.2, 0.25) is 5.79 Å².